The van der Waals surface area contributed by atoms with Gasteiger partial charge in [0.15, 0.2) is 0 Å². The third-order valence-electron chi connectivity index (χ3n) is 2.13. The van der Waals surface area contributed by atoms with Crippen molar-refractivity contribution in [3.63, 3.8) is 0 Å². The molecule has 0 bridgehead atoms. The normalized spacial score (nSPS) is 14.8. The number of rotatable bonds is 1. The summed E-state index contributed by atoms with van der Waals surface area (Å²) in [6, 6.07) is 4.83. The van der Waals surface area contributed by atoms with E-state index in [1.165, 1.54) is 6.07 Å². The summed E-state index contributed by atoms with van der Waals surface area (Å²) in [6.07, 6.45) is 7.79. The van der Waals surface area contributed by atoms with E-state index in [-0.39, 0.29) is 11.5 Å². The van der Waals surface area contributed by atoms with Crippen LogP contribution in [0.5, 0.6) is 0 Å². The quantitative estimate of drug-likeness (QED) is 0.688. The fraction of sp³-hybridized carbons (Fsp3) is 0.0909. The van der Waals surface area contributed by atoms with E-state index in [1.807, 2.05) is 35.4 Å². The number of hydrogen-bond donors (Lipinski definition) is 1. The van der Waals surface area contributed by atoms with Crippen LogP contribution in [-0.2, 0) is 0 Å². The van der Waals surface area contributed by atoms with Crippen molar-refractivity contribution < 1.29 is 4.39 Å². The highest BCUT2D eigenvalue weighted by Gasteiger charge is 2.05. The molecule has 0 aliphatic carbocycles. The summed E-state index contributed by atoms with van der Waals surface area (Å²) in [5.74, 6) is -0.370. The topological polar surface area (TPSA) is 29.3 Å². The lowest BCUT2D eigenvalue weighted by Crippen LogP contribution is -2.17. The van der Waals surface area contributed by atoms with Crippen LogP contribution in [0.4, 0.5) is 15.8 Å². The first kappa shape index (κ1) is 8.81. The monoisotopic (exact) mass is 190 g/mol. The fourth-order valence-corrected chi connectivity index (χ4v) is 1.35. The lowest BCUT2D eigenvalue weighted by Gasteiger charge is -2.20. The van der Waals surface area contributed by atoms with Gasteiger partial charge in [-0.2, -0.15) is 0 Å². The Kier molecular flexibility index (Phi) is 2.23. The SMILES string of the molecule is Nc1ccc(N2C=CC=CC2)cc1F. The van der Waals surface area contributed by atoms with Crippen LogP contribution in [0.2, 0.25) is 0 Å². The Labute approximate surface area is 82.1 Å². The Morgan fingerprint density at radius 2 is 2.14 bits per heavy atom. The van der Waals surface area contributed by atoms with Gasteiger partial charge in [-0.1, -0.05) is 12.2 Å². The molecule has 3 heteroatoms. The molecule has 0 saturated carbocycles. The van der Waals surface area contributed by atoms with Gasteiger partial charge in [0.25, 0.3) is 0 Å². The van der Waals surface area contributed by atoms with Gasteiger partial charge in [0.1, 0.15) is 5.82 Å². The maximum Gasteiger partial charge on any atom is 0.148 e. The second-order valence-electron chi connectivity index (χ2n) is 3.13. The summed E-state index contributed by atoms with van der Waals surface area (Å²) >= 11 is 0. The summed E-state index contributed by atoms with van der Waals surface area (Å²) < 4.78 is 13.1. The molecule has 72 valence electrons. The van der Waals surface area contributed by atoms with Crippen LogP contribution in [0.25, 0.3) is 0 Å². The van der Waals surface area contributed by atoms with Gasteiger partial charge in [0.2, 0.25) is 0 Å². The first-order valence-corrected chi connectivity index (χ1v) is 4.42. The van der Waals surface area contributed by atoms with Gasteiger partial charge < -0.3 is 10.6 Å². The van der Waals surface area contributed by atoms with Crippen molar-refractivity contribution in [2.24, 2.45) is 0 Å². The predicted molar refractivity (Wildman–Crippen MR) is 56.4 cm³/mol. The van der Waals surface area contributed by atoms with Crippen LogP contribution < -0.4 is 10.6 Å². The number of nitrogens with zero attached hydrogens (tertiary/aromatic N) is 1. The lowest BCUT2D eigenvalue weighted by molar-refractivity contribution is 0.632. The van der Waals surface area contributed by atoms with E-state index in [0.717, 1.165) is 12.2 Å². The Morgan fingerprint density at radius 1 is 1.29 bits per heavy atom. The van der Waals surface area contributed by atoms with Gasteiger partial charge in [-0.15, -0.1) is 0 Å². The van der Waals surface area contributed by atoms with E-state index in [9.17, 15) is 4.39 Å². The first-order chi connectivity index (χ1) is 6.77. The Bertz CT molecular complexity index is 396. The van der Waals surface area contributed by atoms with Crippen LogP contribution in [0.1, 0.15) is 0 Å². The maximum atomic E-state index is 13.1. The van der Waals surface area contributed by atoms with E-state index in [2.05, 4.69) is 0 Å². The minimum atomic E-state index is -0.370. The van der Waals surface area contributed by atoms with Gasteiger partial charge in [0, 0.05) is 18.4 Å². The standard InChI is InChI=1S/C11H11FN2/c12-10-8-9(4-5-11(10)13)14-6-2-1-3-7-14/h1-6,8H,7,13H2. The number of allylic oxidation sites excluding steroid dienone is 2. The number of halogens is 1. The molecule has 1 aliphatic heterocycles. The number of anilines is 2. The Balaban J connectivity index is 2.28. The third-order valence-corrected chi connectivity index (χ3v) is 2.13. The summed E-state index contributed by atoms with van der Waals surface area (Å²) in [5.41, 5.74) is 6.40. The van der Waals surface area contributed by atoms with Crippen molar-refractivity contribution in [2.45, 2.75) is 0 Å². The van der Waals surface area contributed by atoms with Crippen molar-refractivity contribution >= 4 is 11.4 Å². The van der Waals surface area contributed by atoms with Crippen molar-refractivity contribution in [3.05, 3.63) is 48.4 Å². The molecule has 0 aromatic heterocycles. The highest BCUT2D eigenvalue weighted by atomic mass is 19.1. The molecule has 0 atom stereocenters. The van der Waals surface area contributed by atoms with Crippen molar-refractivity contribution in [1.82, 2.24) is 0 Å². The molecule has 2 rings (SSSR count). The Morgan fingerprint density at radius 3 is 2.79 bits per heavy atom. The zero-order valence-electron chi connectivity index (χ0n) is 7.65. The van der Waals surface area contributed by atoms with Crippen LogP contribution in [0.3, 0.4) is 0 Å². The summed E-state index contributed by atoms with van der Waals surface area (Å²) in [5, 5.41) is 0. The minimum absolute atomic E-state index is 0.185. The molecular weight excluding hydrogens is 179 g/mol. The van der Waals surface area contributed by atoms with Crippen molar-refractivity contribution in [3.8, 4) is 0 Å². The second-order valence-corrected chi connectivity index (χ2v) is 3.13. The summed E-state index contributed by atoms with van der Waals surface area (Å²) in [4.78, 5) is 1.95. The molecule has 2 nitrogen and oxygen atoms in total. The van der Waals surface area contributed by atoms with Crippen LogP contribution >= 0.6 is 0 Å². The zero-order chi connectivity index (χ0) is 9.97. The summed E-state index contributed by atoms with van der Waals surface area (Å²) in [7, 11) is 0. The summed E-state index contributed by atoms with van der Waals surface area (Å²) in [6.45, 7) is 0.764. The largest absolute Gasteiger partial charge is 0.396 e. The van der Waals surface area contributed by atoms with Gasteiger partial charge in [-0.25, -0.2) is 4.39 Å². The average Bonchev–Trinajstić information content (AvgIpc) is 2.23. The highest BCUT2D eigenvalue weighted by Crippen LogP contribution is 2.21. The molecular formula is C11H11FN2. The molecule has 0 saturated heterocycles. The Hall–Kier alpha value is -1.77. The molecule has 0 unspecified atom stereocenters. The van der Waals surface area contributed by atoms with Gasteiger partial charge >= 0.3 is 0 Å². The smallest absolute Gasteiger partial charge is 0.148 e. The van der Waals surface area contributed by atoms with Crippen molar-refractivity contribution in [2.75, 3.05) is 17.2 Å². The van der Waals surface area contributed by atoms with Gasteiger partial charge in [-0.3, -0.25) is 0 Å². The third kappa shape index (κ3) is 1.62. The molecule has 1 heterocycles. The van der Waals surface area contributed by atoms with E-state index in [1.54, 1.807) is 6.07 Å². The fourth-order valence-electron chi connectivity index (χ4n) is 1.35. The number of benzene rings is 1. The second kappa shape index (κ2) is 3.54. The van der Waals surface area contributed by atoms with Gasteiger partial charge in [0.05, 0.1) is 5.69 Å². The average molecular weight is 190 g/mol. The first-order valence-electron chi connectivity index (χ1n) is 4.42. The molecule has 2 N–H and O–H groups in total. The molecule has 0 fully saturated rings. The highest BCUT2D eigenvalue weighted by molar-refractivity contribution is 5.56. The van der Waals surface area contributed by atoms with Crippen LogP contribution in [0, 0.1) is 5.82 Å². The molecule has 0 amide bonds. The number of nitrogens with two attached hydrogens (primary N) is 1. The van der Waals surface area contributed by atoms with Crippen LogP contribution in [-0.4, -0.2) is 6.54 Å². The van der Waals surface area contributed by atoms with Crippen molar-refractivity contribution in [1.29, 1.82) is 0 Å². The van der Waals surface area contributed by atoms with E-state index < -0.39 is 0 Å². The number of nitrogen functional groups attached to an aromatic ring is 1. The van der Waals surface area contributed by atoms with E-state index in [4.69, 9.17) is 5.73 Å². The van der Waals surface area contributed by atoms with Gasteiger partial charge in [-0.05, 0) is 24.3 Å². The molecule has 14 heavy (non-hydrogen) atoms. The number of hydrogen-bond acceptors (Lipinski definition) is 2. The van der Waals surface area contributed by atoms with Crippen LogP contribution in [0.15, 0.2) is 42.6 Å². The maximum absolute atomic E-state index is 13.1. The van der Waals surface area contributed by atoms with E-state index in [0.29, 0.717) is 0 Å². The lowest BCUT2D eigenvalue weighted by atomic mass is 10.2. The predicted octanol–water partition coefficient (Wildman–Crippen LogP) is 2.30. The molecule has 0 radical (unpaired) electrons. The van der Waals surface area contributed by atoms with E-state index >= 15 is 0 Å². The molecule has 1 aromatic rings. The molecule has 0 spiro atoms. The zero-order valence-corrected chi connectivity index (χ0v) is 7.65. The molecule has 1 aromatic carbocycles. The molecule has 1 aliphatic rings. The minimum Gasteiger partial charge on any atom is -0.396 e.